The van der Waals surface area contributed by atoms with Gasteiger partial charge in [0.2, 0.25) is 5.91 Å². The molecule has 1 fully saturated rings. The Balaban J connectivity index is 1.41. The van der Waals surface area contributed by atoms with Crippen molar-refractivity contribution in [3.05, 3.63) is 77.9 Å². The summed E-state index contributed by atoms with van der Waals surface area (Å²) in [4.78, 5) is 32.7. The van der Waals surface area contributed by atoms with E-state index in [9.17, 15) is 9.59 Å². The van der Waals surface area contributed by atoms with E-state index in [1.165, 1.54) is 6.33 Å². The molecule has 0 unspecified atom stereocenters. The molecule has 1 saturated heterocycles. The van der Waals surface area contributed by atoms with E-state index in [1.807, 2.05) is 18.2 Å². The quantitative estimate of drug-likeness (QED) is 0.679. The van der Waals surface area contributed by atoms with Gasteiger partial charge in [0.1, 0.15) is 19.2 Å². The molecule has 0 saturated carbocycles. The van der Waals surface area contributed by atoms with Crippen molar-refractivity contribution in [3.8, 4) is 11.8 Å². The number of carbonyl (C=O) groups is 2. The van der Waals surface area contributed by atoms with Crippen LogP contribution in [0.5, 0.6) is 0 Å². The van der Waals surface area contributed by atoms with E-state index in [2.05, 4.69) is 16.2 Å². The van der Waals surface area contributed by atoms with Crippen LogP contribution in [0.4, 0.5) is 0 Å². The minimum atomic E-state index is -0.182. The Morgan fingerprint density at radius 3 is 2.66 bits per heavy atom. The number of nitriles is 1. The van der Waals surface area contributed by atoms with Gasteiger partial charge in [-0.25, -0.2) is 9.67 Å². The zero-order chi connectivity index (χ0) is 20.2. The fourth-order valence-corrected chi connectivity index (χ4v) is 3.26. The smallest absolute Gasteiger partial charge is 0.254 e. The van der Waals surface area contributed by atoms with Gasteiger partial charge in [0.15, 0.2) is 0 Å². The van der Waals surface area contributed by atoms with E-state index in [4.69, 9.17) is 5.26 Å². The summed E-state index contributed by atoms with van der Waals surface area (Å²) in [5.41, 5.74) is 2.78. The maximum Gasteiger partial charge on any atom is 0.254 e. The summed E-state index contributed by atoms with van der Waals surface area (Å²) in [7, 11) is 0. The first-order valence-corrected chi connectivity index (χ1v) is 9.15. The van der Waals surface area contributed by atoms with Gasteiger partial charge >= 0.3 is 0 Å². The average molecular weight is 386 g/mol. The van der Waals surface area contributed by atoms with E-state index in [-0.39, 0.29) is 18.4 Å². The Hall–Kier alpha value is -3.99. The Kier molecular flexibility index (Phi) is 5.03. The maximum atomic E-state index is 12.9. The number of nitrogens with zero attached hydrogens (tertiary/aromatic N) is 6. The molecule has 2 heterocycles. The van der Waals surface area contributed by atoms with Crippen molar-refractivity contribution in [1.82, 2.24) is 24.6 Å². The van der Waals surface area contributed by atoms with Gasteiger partial charge in [-0.3, -0.25) is 9.59 Å². The predicted molar refractivity (Wildman–Crippen MR) is 104 cm³/mol. The SMILES string of the molecule is N#Cc1ccc(CN2CCN(C(=O)c3cccc(-n4cncn4)c3)CC2=O)cc1. The third-order valence-electron chi connectivity index (χ3n) is 4.84. The molecule has 2 aromatic carbocycles. The van der Waals surface area contributed by atoms with Gasteiger partial charge in [0.25, 0.3) is 5.91 Å². The molecule has 8 nitrogen and oxygen atoms in total. The number of benzene rings is 2. The Labute approximate surface area is 167 Å². The molecule has 8 heteroatoms. The average Bonchev–Trinajstić information content (AvgIpc) is 3.30. The lowest BCUT2D eigenvalue weighted by Crippen LogP contribution is -2.51. The number of carbonyl (C=O) groups excluding carboxylic acids is 2. The van der Waals surface area contributed by atoms with E-state index < -0.39 is 0 Å². The highest BCUT2D eigenvalue weighted by molar-refractivity contribution is 5.97. The minimum Gasteiger partial charge on any atom is -0.335 e. The van der Waals surface area contributed by atoms with Crippen LogP contribution >= 0.6 is 0 Å². The summed E-state index contributed by atoms with van der Waals surface area (Å²) in [5.74, 6) is -0.278. The second-order valence-electron chi connectivity index (χ2n) is 6.74. The standard InChI is InChI=1S/C21H18N6O2/c22-11-16-4-6-17(7-5-16)12-25-8-9-26(13-20(25)28)21(29)18-2-1-3-19(10-18)27-15-23-14-24-27/h1-7,10,14-15H,8-9,12-13H2. The second-order valence-corrected chi connectivity index (χ2v) is 6.74. The van der Waals surface area contributed by atoms with Crippen molar-refractivity contribution in [2.45, 2.75) is 6.54 Å². The van der Waals surface area contributed by atoms with Crippen molar-refractivity contribution < 1.29 is 9.59 Å². The zero-order valence-corrected chi connectivity index (χ0v) is 15.6. The molecule has 0 spiro atoms. The Bertz CT molecular complexity index is 1070. The molecule has 0 atom stereocenters. The normalized spacial score (nSPS) is 14.0. The van der Waals surface area contributed by atoms with Gasteiger partial charge in [-0.15, -0.1) is 0 Å². The number of piperazine rings is 1. The van der Waals surface area contributed by atoms with Crippen molar-refractivity contribution >= 4 is 11.8 Å². The summed E-state index contributed by atoms with van der Waals surface area (Å²) in [5, 5.41) is 13.0. The Morgan fingerprint density at radius 2 is 1.97 bits per heavy atom. The zero-order valence-electron chi connectivity index (χ0n) is 15.6. The lowest BCUT2D eigenvalue weighted by Gasteiger charge is -2.34. The molecule has 2 amide bonds. The van der Waals surface area contributed by atoms with Crippen molar-refractivity contribution in [3.63, 3.8) is 0 Å². The van der Waals surface area contributed by atoms with Gasteiger partial charge in [0.05, 0.1) is 17.3 Å². The van der Waals surface area contributed by atoms with Crippen molar-refractivity contribution in [1.29, 1.82) is 5.26 Å². The topological polar surface area (TPSA) is 95.1 Å². The van der Waals surface area contributed by atoms with Crippen LogP contribution in [0, 0.1) is 11.3 Å². The molecular weight excluding hydrogens is 368 g/mol. The van der Waals surface area contributed by atoms with Crippen LogP contribution < -0.4 is 0 Å². The van der Waals surface area contributed by atoms with Crippen LogP contribution in [0.1, 0.15) is 21.5 Å². The Morgan fingerprint density at radius 1 is 1.14 bits per heavy atom. The van der Waals surface area contributed by atoms with E-state index >= 15 is 0 Å². The minimum absolute atomic E-state index is 0.0443. The van der Waals surface area contributed by atoms with Crippen LogP contribution in [0.15, 0.2) is 61.2 Å². The summed E-state index contributed by atoms with van der Waals surface area (Å²) in [6.45, 7) is 1.44. The highest BCUT2D eigenvalue weighted by Gasteiger charge is 2.27. The molecule has 0 bridgehead atoms. The lowest BCUT2D eigenvalue weighted by molar-refractivity contribution is -0.135. The fraction of sp³-hybridized carbons (Fsp3) is 0.190. The summed E-state index contributed by atoms with van der Waals surface area (Å²) in [6, 6.07) is 16.3. The molecule has 1 aliphatic heterocycles. The molecule has 3 aromatic rings. The summed E-state index contributed by atoms with van der Waals surface area (Å²) in [6.07, 6.45) is 3.00. The summed E-state index contributed by atoms with van der Waals surface area (Å²) >= 11 is 0. The van der Waals surface area contributed by atoms with Crippen molar-refractivity contribution in [2.24, 2.45) is 0 Å². The van der Waals surface area contributed by atoms with Gasteiger partial charge in [-0.05, 0) is 35.9 Å². The molecule has 29 heavy (non-hydrogen) atoms. The van der Waals surface area contributed by atoms with Gasteiger partial charge in [-0.2, -0.15) is 10.4 Å². The molecule has 1 aliphatic rings. The molecule has 4 rings (SSSR count). The molecule has 0 aliphatic carbocycles. The first-order valence-electron chi connectivity index (χ1n) is 9.15. The molecule has 144 valence electrons. The molecule has 0 radical (unpaired) electrons. The summed E-state index contributed by atoms with van der Waals surface area (Å²) < 4.78 is 1.58. The predicted octanol–water partition coefficient (Wildman–Crippen LogP) is 1.62. The molecule has 0 N–H and O–H groups in total. The number of aromatic nitrogens is 3. The fourth-order valence-electron chi connectivity index (χ4n) is 3.26. The van der Waals surface area contributed by atoms with Crippen LogP contribution in [0.3, 0.4) is 0 Å². The number of hydrogen-bond donors (Lipinski definition) is 0. The number of hydrogen-bond acceptors (Lipinski definition) is 5. The third-order valence-corrected chi connectivity index (χ3v) is 4.84. The van der Waals surface area contributed by atoms with Crippen LogP contribution in [-0.4, -0.2) is 56.0 Å². The first-order chi connectivity index (χ1) is 14.1. The largest absolute Gasteiger partial charge is 0.335 e. The highest BCUT2D eigenvalue weighted by atomic mass is 16.2. The van der Waals surface area contributed by atoms with Crippen molar-refractivity contribution in [2.75, 3.05) is 19.6 Å². The monoisotopic (exact) mass is 386 g/mol. The lowest BCUT2D eigenvalue weighted by atomic mass is 10.1. The van der Waals surface area contributed by atoms with Gasteiger partial charge in [-0.1, -0.05) is 18.2 Å². The van der Waals surface area contributed by atoms with Crippen LogP contribution in [0.25, 0.3) is 5.69 Å². The maximum absolute atomic E-state index is 12.9. The number of rotatable bonds is 4. The van der Waals surface area contributed by atoms with E-state index in [0.717, 1.165) is 11.3 Å². The molecule has 1 aromatic heterocycles. The van der Waals surface area contributed by atoms with E-state index in [0.29, 0.717) is 30.8 Å². The van der Waals surface area contributed by atoms with Crippen LogP contribution in [0.2, 0.25) is 0 Å². The van der Waals surface area contributed by atoms with Gasteiger partial charge < -0.3 is 9.80 Å². The van der Waals surface area contributed by atoms with Gasteiger partial charge in [0, 0.05) is 25.2 Å². The second kappa shape index (κ2) is 7.94. The van der Waals surface area contributed by atoms with Crippen LogP contribution in [-0.2, 0) is 11.3 Å². The highest BCUT2D eigenvalue weighted by Crippen LogP contribution is 2.15. The van der Waals surface area contributed by atoms with E-state index in [1.54, 1.807) is 51.1 Å². The number of amides is 2. The third kappa shape index (κ3) is 3.99. The first kappa shape index (κ1) is 18.4. The molecular formula is C21H18N6O2.